The summed E-state index contributed by atoms with van der Waals surface area (Å²) in [4.78, 5) is 11.9. The highest BCUT2D eigenvalue weighted by Crippen LogP contribution is 2.27. The summed E-state index contributed by atoms with van der Waals surface area (Å²) in [6.07, 6.45) is 0. The van der Waals surface area contributed by atoms with Gasteiger partial charge in [0.25, 0.3) is 0 Å². The zero-order valence-corrected chi connectivity index (χ0v) is 11.5. The van der Waals surface area contributed by atoms with Gasteiger partial charge in [-0.1, -0.05) is 11.6 Å². The molecule has 3 N–H and O–H groups in total. The van der Waals surface area contributed by atoms with Gasteiger partial charge in [0.15, 0.2) is 0 Å². The van der Waals surface area contributed by atoms with Crippen LogP contribution in [-0.4, -0.2) is 12.5 Å². The first-order valence-electron chi connectivity index (χ1n) is 4.83. The number of benzene rings is 1. The van der Waals surface area contributed by atoms with Crippen LogP contribution < -0.4 is 11.1 Å². The molecular formula is C11H14BrClN2O. The lowest BCUT2D eigenvalue weighted by molar-refractivity contribution is -0.123. The topological polar surface area (TPSA) is 55.1 Å². The van der Waals surface area contributed by atoms with Crippen molar-refractivity contribution in [2.75, 3.05) is 11.9 Å². The van der Waals surface area contributed by atoms with Crippen molar-refractivity contribution in [3.8, 4) is 0 Å². The maximum Gasteiger partial charge on any atom is 0.231 e. The summed E-state index contributed by atoms with van der Waals surface area (Å²) >= 11 is 9.14. The fourth-order valence-corrected chi connectivity index (χ4v) is 1.76. The van der Waals surface area contributed by atoms with Crippen LogP contribution in [0.15, 0.2) is 22.7 Å². The lowest BCUT2D eigenvalue weighted by atomic mass is 9.92. The minimum atomic E-state index is -0.584. The summed E-state index contributed by atoms with van der Waals surface area (Å²) in [6, 6.07) is 5.20. The van der Waals surface area contributed by atoms with E-state index in [1.807, 2.05) is 0 Å². The standard InChI is InChI=1S/C11H14BrClN2O/c1-11(2,6-14)10(16)15-9-4-3-7(13)5-8(9)12/h3-5H,6,14H2,1-2H3,(H,15,16). The predicted molar refractivity (Wildman–Crippen MR) is 70.6 cm³/mol. The predicted octanol–water partition coefficient (Wildman–Crippen LogP) is 3.03. The number of nitrogens with one attached hydrogen (secondary N) is 1. The Bertz CT molecular complexity index is 407. The molecule has 0 aromatic heterocycles. The van der Waals surface area contributed by atoms with E-state index in [1.165, 1.54) is 0 Å². The number of carbonyl (C=O) groups is 1. The molecule has 1 rings (SSSR count). The summed E-state index contributed by atoms with van der Waals surface area (Å²) in [7, 11) is 0. The average Bonchev–Trinajstić information content (AvgIpc) is 2.22. The fraction of sp³-hybridized carbons (Fsp3) is 0.364. The second-order valence-electron chi connectivity index (χ2n) is 4.17. The molecule has 16 heavy (non-hydrogen) atoms. The first-order valence-corrected chi connectivity index (χ1v) is 6.00. The molecule has 0 radical (unpaired) electrons. The van der Waals surface area contributed by atoms with E-state index in [-0.39, 0.29) is 5.91 Å². The normalized spacial score (nSPS) is 11.3. The lowest BCUT2D eigenvalue weighted by Crippen LogP contribution is -2.37. The van der Waals surface area contributed by atoms with Crippen LogP contribution in [0.25, 0.3) is 0 Å². The Hall–Kier alpha value is -0.580. The third-order valence-electron chi connectivity index (χ3n) is 2.30. The quantitative estimate of drug-likeness (QED) is 0.902. The fourth-order valence-electron chi connectivity index (χ4n) is 0.975. The van der Waals surface area contributed by atoms with E-state index in [0.29, 0.717) is 17.3 Å². The molecule has 88 valence electrons. The van der Waals surface area contributed by atoms with Crippen LogP contribution >= 0.6 is 27.5 Å². The van der Waals surface area contributed by atoms with Gasteiger partial charge in [0, 0.05) is 16.0 Å². The van der Waals surface area contributed by atoms with Gasteiger partial charge in [-0.25, -0.2) is 0 Å². The maximum absolute atomic E-state index is 11.9. The van der Waals surface area contributed by atoms with Gasteiger partial charge in [0.05, 0.1) is 11.1 Å². The number of anilines is 1. The van der Waals surface area contributed by atoms with Crippen molar-refractivity contribution in [1.82, 2.24) is 0 Å². The maximum atomic E-state index is 11.9. The van der Waals surface area contributed by atoms with Gasteiger partial charge in [0.1, 0.15) is 0 Å². The average molecular weight is 306 g/mol. The minimum absolute atomic E-state index is 0.113. The molecular weight excluding hydrogens is 291 g/mol. The lowest BCUT2D eigenvalue weighted by Gasteiger charge is -2.21. The van der Waals surface area contributed by atoms with Crippen LogP contribution in [0.3, 0.4) is 0 Å². The van der Waals surface area contributed by atoms with Gasteiger partial charge in [-0.2, -0.15) is 0 Å². The van der Waals surface area contributed by atoms with E-state index < -0.39 is 5.41 Å². The zero-order chi connectivity index (χ0) is 12.3. The smallest absolute Gasteiger partial charge is 0.231 e. The summed E-state index contributed by atoms with van der Waals surface area (Å²) < 4.78 is 0.751. The van der Waals surface area contributed by atoms with Crippen molar-refractivity contribution in [3.63, 3.8) is 0 Å². The second kappa shape index (κ2) is 5.17. The highest BCUT2D eigenvalue weighted by atomic mass is 79.9. The Morgan fingerprint density at radius 2 is 2.19 bits per heavy atom. The second-order valence-corrected chi connectivity index (χ2v) is 5.46. The van der Waals surface area contributed by atoms with Gasteiger partial charge in [-0.15, -0.1) is 0 Å². The third kappa shape index (κ3) is 3.20. The summed E-state index contributed by atoms with van der Waals surface area (Å²) in [5.74, 6) is -0.113. The Kier molecular flexibility index (Phi) is 4.35. The highest BCUT2D eigenvalue weighted by Gasteiger charge is 2.26. The molecule has 0 aliphatic carbocycles. The van der Waals surface area contributed by atoms with Crippen LogP contribution in [0.4, 0.5) is 5.69 Å². The van der Waals surface area contributed by atoms with Gasteiger partial charge < -0.3 is 11.1 Å². The number of halogens is 2. The molecule has 0 fully saturated rings. The number of carbonyl (C=O) groups excluding carboxylic acids is 1. The third-order valence-corrected chi connectivity index (χ3v) is 3.20. The first kappa shape index (κ1) is 13.5. The number of rotatable bonds is 3. The molecule has 1 amide bonds. The van der Waals surface area contributed by atoms with Gasteiger partial charge in [-0.05, 0) is 48.0 Å². The monoisotopic (exact) mass is 304 g/mol. The Labute approximate surface area is 108 Å². The van der Waals surface area contributed by atoms with Crippen LogP contribution in [-0.2, 0) is 4.79 Å². The van der Waals surface area contributed by atoms with Crippen molar-refractivity contribution >= 4 is 39.1 Å². The summed E-state index contributed by atoms with van der Waals surface area (Å²) in [5.41, 5.74) is 5.64. The molecule has 0 heterocycles. The van der Waals surface area contributed by atoms with Crippen LogP contribution in [0.2, 0.25) is 5.02 Å². The van der Waals surface area contributed by atoms with E-state index in [2.05, 4.69) is 21.2 Å². The molecule has 0 saturated carbocycles. The largest absolute Gasteiger partial charge is 0.329 e. The number of hydrogen-bond acceptors (Lipinski definition) is 2. The number of amides is 1. The van der Waals surface area contributed by atoms with E-state index in [1.54, 1.807) is 32.0 Å². The van der Waals surface area contributed by atoms with Crippen molar-refractivity contribution in [1.29, 1.82) is 0 Å². The van der Waals surface area contributed by atoms with E-state index in [9.17, 15) is 4.79 Å². The molecule has 3 nitrogen and oxygen atoms in total. The van der Waals surface area contributed by atoms with Crippen LogP contribution in [0.1, 0.15) is 13.8 Å². The summed E-state index contributed by atoms with van der Waals surface area (Å²) in [6.45, 7) is 3.89. The molecule has 5 heteroatoms. The minimum Gasteiger partial charge on any atom is -0.329 e. The molecule has 0 aliphatic rings. The molecule has 1 aromatic rings. The van der Waals surface area contributed by atoms with E-state index >= 15 is 0 Å². The molecule has 0 bridgehead atoms. The molecule has 1 aromatic carbocycles. The summed E-state index contributed by atoms with van der Waals surface area (Å²) in [5, 5.41) is 3.42. The van der Waals surface area contributed by atoms with Crippen molar-refractivity contribution < 1.29 is 4.79 Å². The van der Waals surface area contributed by atoms with E-state index in [4.69, 9.17) is 17.3 Å². The highest BCUT2D eigenvalue weighted by molar-refractivity contribution is 9.10. The number of hydrogen-bond donors (Lipinski definition) is 2. The van der Waals surface area contributed by atoms with E-state index in [0.717, 1.165) is 4.47 Å². The first-order chi connectivity index (χ1) is 7.36. The Morgan fingerprint density at radius 1 is 1.56 bits per heavy atom. The van der Waals surface area contributed by atoms with Gasteiger partial charge in [0.2, 0.25) is 5.91 Å². The zero-order valence-electron chi connectivity index (χ0n) is 9.18. The van der Waals surface area contributed by atoms with Crippen LogP contribution in [0, 0.1) is 5.41 Å². The van der Waals surface area contributed by atoms with Crippen molar-refractivity contribution in [3.05, 3.63) is 27.7 Å². The van der Waals surface area contributed by atoms with Gasteiger partial charge >= 0.3 is 0 Å². The molecule has 0 saturated heterocycles. The van der Waals surface area contributed by atoms with Gasteiger partial charge in [-0.3, -0.25) is 4.79 Å². The SMILES string of the molecule is CC(C)(CN)C(=O)Nc1ccc(Cl)cc1Br. The van der Waals surface area contributed by atoms with Crippen molar-refractivity contribution in [2.45, 2.75) is 13.8 Å². The molecule has 0 aliphatic heterocycles. The molecule has 0 spiro atoms. The molecule has 0 unspecified atom stereocenters. The Balaban J connectivity index is 2.85. The van der Waals surface area contributed by atoms with Crippen LogP contribution in [0.5, 0.6) is 0 Å². The van der Waals surface area contributed by atoms with Crippen molar-refractivity contribution in [2.24, 2.45) is 11.1 Å². The Morgan fingerprint density at radius 3 is 2.69 bits per heavy atom. The molecule has 0 atom stereocenters. The number of nitrogens with two attached hydrogens (primary N) is 1.